The van der Waals surface area contributed by atoms with Gasteiger partial charge in [0.1, 0.15) is 11.6 Å². The summed E-state index contributed by atoms with van der Waals surface area (Å²) in [6.07, 6.45) is 0.621. The number of hydrogen-bond donors (Lipinski definition) is 1. The number of nitrogens with zero attached hydrogens (tertiary/aromatic N) is 1. The molecule has 0 aliphatic heterocycles. The summed E-state index contributed by atoms with van der Waals surface area (Å²) in [5, 5.41) is 5.65. The number of halogens is 2. The lowest BCUT2D eigenvalue weighted by Crippen LogP contribution is -2.26. The summed E-state index contributed by atoms with van der Waals surface area (Å²) >= 11 is 3.21. The van der Waals surface area contributed by atoms with E-state index in [4.69, 9.17) is 0 Å². The Hall–Kier alpha value is -2.12. The van der Waals surface area contributed by atoms with Crippen molar-refractivity contribution in [3.63, 3.8) is 0 Å². The van der Waals surface area contributed by atoms with Crippen LogP contribution >= 0.6 is 22.7 Å². The van der Waals surface area contributed by atoms with Crippen LogP contribution in [0.15, 0.2) is 35.7 Å². The molecule has 24 heavy (non-hydrogen) atoms. The van der Waals surface area contributed by atoms with Crippen LogP contribution in [0.3, 0.4) is 0 Å². The first-order valence-electron chi connectivity index (χ1n) is 7.27. The summed E-state index contributed by atoms with van der Waals surface area (Å²) in [6, 6.07) is 6.83. The van der Waals surface area contributed by atoms with Gasteiger partial charge in [0, 0.05) is 16.8 Å². The average molecular weight is 364 g/mol. The van der Waals surface area contributed by atoms with Crippen molar-refractivity contribution in [2.45, 2.75) is 13.3 Å². The van der Waals surface area contributed by atoms with E-state index in [0.29, 0.717) is 13.0 Å². The summed E-state index contributed by atoms with van der Waals surface area (Å²) in [4.78, 5) is 18.5. The molecule has 0 bridgehead atoms. The lowest BCUT2D eigenvalue weighted by molar-refractivity contribution is 0.0949. The van der Waals surface area contributed by atoms with Gasteiger partial charge in [-0.25, -0.2) is 13.8 Å². The Labute approximate surface area is 146 Å². The summed E-state index contributed by atoms with van der Waals surface area (Å²) in [5.74, 6) is -1.98. The van der Waals surface area contributed by atoms with E-state index < -0.39 is 17.5 Å². The molecule has 0 saturated heterocycles. The Bertz CT molecular complexity index is 873. The molecule has 0 saturated carbocycles. The molecule has 0 aliphatic carbocycles. The highest BCUT2D eigenvalue weighted by Gasteiger charge is 2.12. The van der Waals surface area contributed by atoms with Crippen molar-refractivity contribution >= 4 is 28.6 Å². The van der Waals surface area contributed by atoms with Crippen LogP contribution in [0.5, 0.6) is 0 Å². The van der Waals surface area contributed by atoms with Crippen LogP contribution in [0.4, 0.5) is 8.78 Å². The first kappa shape index (κ1) is 16.7. The number of thiazole rings is 1. The van der Waals surface area contributed by atoms with E-state index >= 15 is 0 Å². The van der Waals surface area contributed by atoms with E-state index in [-0.39, 0.29) is 5.56 Å². The number of hydrogen-bond acceptors (Lipinski definition) is 4. The SMILES string of the molecule is Cc1nc(-c2ccc(CCNC(=O)c3cc(F)ccc3F)s2)cs1. The average Bonchev–Trinajstić information content (AvgIpc) is 3.18. The molecule has 3 aromatic rings. The molecule has 3 rings (SSSR count). The van der Waals surface area contributed by atoms with Crippen LogP contribution in [0.25, 0.3) is 10.6 Å². The van der Waals surface area contributed by atoms with Gasteiger partial charge in [0.25, 0.3) is 5.91 Å². The molecule has 124 valence electrons. The fraction of sp³-hybridized carbons (Fsp3) is 0.176. The second kappa shape index (κ2) is 7.19. The number of carbonyl (C=O) groups excluding carboxylic acids is 1. The van der Waals surface area contributed by atoms with Crippen molar-refractivity contribution in [3.8, 4) is 10.6 Å². The summed E-state index contributed by atoms with van der Waals surface area (Å²) in [6.45, 7) is 2.31. The fourth-order valence-electron chi connectivity index (χ4n) is 2.19. The second-order valence-corrected chi connectivity index (χ2v) is 7.38. The van der Waals surface area contributed by atoms with Crippen LogP contribution in [0.1, 0.15) is 20.2 Å². The third-order valence-electron chi connectivity index (χ3n) is 3.36. The van der Waals surface area contributed by atoms with Gasteiger partial charge < -0.3 is 5.32 Å². The number of nitrogens with one attached hydrogen (secondary N) is 1. The fourth-order valence-corrected chi connectivity index (χ4v) is 3.85. The Balaban J connectivity index is 1.58. The number of thiophene rings is 1. The molecule has 1 N–H and O–H groups in total. The Morgan fingerprint density at radius 1 is 1.25 bits per heavy atom. The molecule has 2 aromatic heterocycles. The molecule has 0 aliphatic rings. The zero-order valence-electron chi connectivity index (χ0n) is 12.8. The van der Waals surface area contributed by atoms with Crippen molar-refractivity contribution in [2.24, 2.45) is 0 Å². The third kappa shape index (κ3) is 3.85. The van der Waals surface area contributed by atoms with E-state index in [1.54, 1.807) is 22.7 Å². The molecule has 3 nitrogen and oxygen atoms in total. The molecule has 0 fully saturated rings. The van der Waals surface area contributed by atoms with E-state index in [1.807, 2.05) is 24.4 Å². The lowest BCUT2D eigenvalue weighted by Gasteiger charge is -2.05. The van der Waals surface area contributed by atoms with Crippen molar-refractivity contribution in [2.75, 3.05) is 6.54 Å². The van der Waals surface area contributed by atoms with Crippen molar-refractivity contribution in [3.05, 3.63) is 62.8 Å². The van der Waals surface area contributed by atoms with E-state index in [0.717, 1.165) is 38.7 Å². The lowest BCUT2D eigenvalue weighted by atomic mass is 10.2. The quantitative estimate of drug-likeness (QED) is 0.728. The predicted molar refractivity (Wildman–Crippen MR) is 92.6 cm³/mol. The van der Waals surface area contributed by atoms with Gasteiger partial charge in [0.2, 0.25) is 0 Å². The molecule has 0 spiro atoms. The maximum absolute atomic E-state index is 13.5. The maximum atomic E-state index is 13.5. The maximum Gasteiger partial charge on any atom is 0.254 e. The first-order valence-corrected chi connectivity index (χ1v) is 8.97. The van der Waals surface area contributed by atoms with Gasteiger partial charge in [-0.2, -0.15) is 0 Å². The van der Waals surface area contributed by atoms with Crippen LogP contribution in [-0.2, 0) is 6.42 Å². The van der Waals surface area contributed by atoms with Crippen molar-refractivity contribution in [1.29, 1.82) is 0 Å². The van der Waals surface area contributed by atoms with Gasteiger partial charge in [-0.3, -0.25) is 4.79 Å². The highest BCUT2D eigenvalue weighted by atomic mass is 32.1. The van der Waals surface area contributed by atoms with Crippen molar-refractivity contribution < 1.29 is 13.6 Å². The molecule has 1 amide bonds. The number of aromatic nitrogens is 1. The molecular formula is C17H14F2N2OS2. The van der Waals surface area contributed by atoms with Gasteiger partial charge in [0.05, 0.1) is 21.1 Å². The minimum atomic E-state index is -0.730. The third-order valence-corrected chi connectivity index (χ3v) is 5.30. The highest BCUT2D eigenvalue weighted by Crippen LogP contribution is 2.29. The van der Waals surface area contributed by atoms with E-state index in [1.165, 1.54) is 0 Å². The van der Waals surface area contributed by atoms with E-state index in [2.05, 4.69) is 10.3 Å². The number of amides is 1. The smallest absolute Gasteiger partial charge is 0.254 e. The standard InChI is InChI=1S/C17H14F2N2OS2/c1-10-21-15(9-23-10)16-5-3-12(24-16)6-7-20-17(22)13-8-11(18)2-4-14(13)19/h2-5,8-9H,6-7H2,1H3,(H,20,22). The number of rotatable bonds is 5. The summed E-state index contributed by atoms with van der Waals surface area (Å²) < 4.78 is 26.6. The van der Waals surface area contributed by atoms with Gasteiger partial charge in [-0.15, -0.1) is 22.7 Å². The first-order chi connectivity index (χ1) is 11.5. The molecule has 1 aromatic carbocycles. The van der Waals surface area contributed by atoms with Gasteiger partial charge in [-0.05, 0) is 43.7 Å². The van der Waals surface area contributed by atoms with Crippen LogP contribution in [-0.4, -0.2) is 17.4 Å². The van der Waals surface area contributed by atoms with Crippen LogP contribution in [0, 0.1) is 18.6 Å². The highest BCUT2D eigenvalue weighted by molar-refractivity contribution is 7.16. The largest absolute Gasteiger partial charge is 0.352 e. The molecule has 0 unspecified atom stereocenters. The minimum absolute atomic E-state index is 0.278. The topological polar surface area (TPSA) is 42.0 Å². The number of benzene rings is 1. The van der Waals surface area contributed by atoms with Crippen LogP contribution in [0.2, 0.25) is 0 Å². The number of carbonyl (C=O) groups is 1. The Kier molecular flexibility index (Phi) is 5.01. The zero-order chi connectivity index (χ0) is 17.1. The zero-order valence-corrected chi connectivity index (χ0v) is 14.4. The number of aryl methyl sites for hydroxylation is 1. The minimum Gasteiger partial charge on any atom is -0.352 e. The predicted octanol–water partition coefficient (Wildman–Crippen LogP) is 4.43. The van der Waals surface area contributed by atoms with Gasteiger partial charge in [0.15, 0.2) is 0 Å². The van der Waals surface area contributed by atoms with Crippen LogP contribution < -0.4 is 5.32 Å². The monoisotopic (exact) mass is 364 g/mol. The Morgan fingerprint density at radius 2 is 2.08 bits per heavy atom. The summed E-state index contributed by atoms with van der Waals surface area (Å²) in [7, 11) is 0. The molecule has 7 heteroatoms. The van der Waals surface area contributed by atoms with E-state index in [9.17, 15) is 13.6 Å². The van der Waals surface area contributed by atoms with Gasteiger partial charge >= 0.3 is 0 Å². The molecule has 0 atom stereocenters. The molecular weight excluding hydrogens is 350 g/mol. The Morgan fingerprint density at radius 3 is 2.83 bits per heavy atom. The van der Waals surface area contributed by atoms with Crippen molar-refractivity contribution in [1.82, 2.24) is 10.3 Å². The normalized spacial score (nSPS) is 10.8. The van der Waals surface area contributed by atoms with Gasteiger partial charge in [-0.1, -0.05) is 0 Å². The summed E-state index contributed by atoms with van der Waals surface area (Å²) in [5.41, 5.74) is 0.680. The molecule has 0 radical (unpaired) electrons. The molecule has 2 heterocycles. The second-order valence-electron chi connectivity index (χ2n) is 5.15.